The maximum Gasteiger partial charge on any atom is 0.266 e. The lowest BCUT2D eigenvalue weighted by molar-refractivity contribution is -0.128. The van der Waals surface area contributed by atoms with Gasteiger partial charge in [-0.25, -0.2) is 4.98 Å². The van der Waals surface area contributed by atoms with Crippen LogP contribution in [0.1, 0.15) is 5.69 Å². The zero-order valence-electron chi connectivity index (χ0n) is 14.4. The summed E-state index contributed by atoms with van der Waals surface area (Å²) >= 11 is 10.0. The molecule has 0 unspecified atom stereocenters. The minimum Gasteiger partial charge on any atom is -0.298 e. The van der Waals surface area contributed by atoms with Crippen molar-refractivity contribution in [1.29, 1.82) is 0 Å². The van der Waals surface area contributed by atoms with Crippen LogP contribution in [0.2, 0.25) is 0 Å². The van der Waals surface area contributed by atoms with Crippen LogP contribution in [0.25, 0.3) is 22.3 Å². The summed E-state index contributed by atoms with van der Waals surface area (Å²) in [4.78, 5) is 32.1. The van der Waals surface area contributed by atoms with Gasteiger partial charge in [-0.1, -0.05) is 34.1 Å². The number of nitrogens with one attached hydrogen (secondary N) is 1. The Bertz CT molecular complexity index is 1160. The van der Waals surface area contributed by atoms with Gasteiger partial charge in [0.1, 0.15) is 5.57 Å². The standard InChI is InChI=1S/C19H13BrN4O2S2/c1-2-7-24-17(26)13(16(25)22-18(24)27)10-14-15(11-3-5-12(20)6-4-11)21-19-23(14)8-9-28-19/h2-6,8-10H,1,7H2,(H,22,25,27). The molecule has 4 rings (SSSR count). The predicted octanol–water partition coefficient (Wildman–Crippen LogP) is 3.64. The molecule has 1 aliphatic rings. The van der Waals surface area contributed by atoms with E-state index in [0.29, 0.717) is 11.4 Å². The van der Waals surface area contributed by atoms with Crippen LogP contribution < -0.4 is 5.32 Å². The molecule has 28 heavy (non-hydrogen) atoms. The maximum atomic E-state index is 12.9. The third-order valence-electron chi connectivity index (χ3n) is 4.20. The lowest BCUT2D eigenvalue weighted by Crippen LogP contribution is -2.53. The Morgan fingerprint density at radius 1 is 1.29 bits per heavy atom. The lowest BCUT2D eigenvalue weighted by Gasteiger charge is -2.27. The summed E-state index contributed by atoms with van der Waals surface area (Å²) in [5.41, 5.74) is 2.23. The third-order valence-corrected chi connectivity index (χ3v) is 5.80. The number of hydrogen-bond acceptors (Lipinski definition) is 5. The molecule has 1 aliphatic heterocycles. The van der Waals surface area contributed by atoms with Crippen LogP contribution in [-0.2, 0) is 9.59 Å². The summed E-state index contributed by atoms with van der Waals surface area (Å²) in [6, 6.07) is 7.70. The second-order valence-electron chi connectivity index (χ2n) is 5.93. The highest BCUT2D eigenvalue weighted by atomic mass is 79.9. The first-order valence-electron chi connectivity index (χ1n) is 8.21. The number of aromatic nitrogens is 2. The molecule has 3 heterocycles. The molecule has 1 fully saturated rings. The number of hydrogen-bond donors (Lipinski definition) is 1. The molecule has 9 heteroatoms. The van der Waals surface area contributed by atoms with Crippen molar-refractivity contribution in [2.24, 2.45) is 0 Å². The molecule has 1 saturated heterocycles. The van der Waals surface area contributed by atoms with Crippen LogP contribution in [0.15, 0.2) is 58.5 Å². The summed E-state index contributed by atoms with van der Waals surface area (Å²) in [6.45, 7) is 3.85. The Morgan fingerprint density at radius 3 is 2.75 bits per heavy atom. The Hall–Kier alpha value is -2.62. The van der Waals surface area contributed by atoms with Crippen molar-refractivity contribution in [2.75, 3.05) is 6.54 Å². The molecule has 2 amide bonds. The summed E-state index contributed by atoms with van der Waals surface area (Å²) < 4.78 is 2.81. The van der Waals surface area contributed by atoms with E-state index in [-0.39, 0.29) is 17.2 Å². The SMILES string of the molecule is C=CCN1C(=O)C(=Cc2c(-c3ccc(Br)cc3)nc3sccn23)C(=O)NC1=S. The van der Waals surface area contributed by atoms with Crippen LogP contribution in [0.3, 0.4) is 0 Å². The van der Waals surface area contributed by atoms with Gasteiger partial charge < -0.3 is 0 Å². The molecule has 0 aliphatic carbocycles. The number of imidazole rings is 1. The molecule has 6 nitrogen and oxygen atoms in total. The first-order valence-corrected chi connectivity index (χ1v) is 10.3. The number of fused-ring (bicyclic) bond motifs is 1. The Balaban J connectivity index is 1.87. The van der Waals surface area contributed by atoms with Crippen molar-refractivity contribution in [3.63, 3.8) is 0 Å². The first kappa shape index (κ1) is 18.7. The van der Waals surface area contributed by atoms with E-state index in [9.17, 15) is 9.59 Å². The van der Waals surface area contributed by atoms with Gasteiger partial charge in [0, 0.05) is 28.2 Å². The number of benzene rings is 1. The van der Waals surface area contributed by atoms with E-state index in [4.69, 9.17) is 12.2 Å². The van der Waals surface area contributed by atoms with Crippen molar-refractivity contribution in [1.82, 2.24) is 19.6 Å². The van der Waals surface area contributed by atoms with Crippen molar-refractivity contribution in [3.05, 3.63) is 64.2 Å². The van der Waals surface area contributed by atoms with Crippen molar-refractivity contribution >= 4 is 67.4 Å². The Morgan fingerprint density at radius 2 is 2.04 bits per heavy atom. The highest BCUT2D eigenvalue weighted by molar-refractivity contribution is 9.10. The number of thiocarbonyl (C=S) groups is 1. The van der Waals surface area contributed by atoms with Crippen LogP contribution in [0.5, 0.6) is 0 Å². The van der Waals surface area contributed by atoms with Gasteiger partial charge >= 0.3 is 0 Å². The Labute approximate surface area is 178 Å². The van der Waals surface area contributed by atoms with Crippen molar-refractivity contribution in [3.8, 4) is 11.3 Å². The quantitative estimate of drug-likeness (QED) is 0.272. The second-order valence-corrected chi connectivity index (χ2v) is 8.11. The largest absolute Gasteiger partial charge is 0.298 e. The summed E-state index contributed by atoms with van der Waals surface area (Å²) in [5, 5.41) is 4.54. The minimum absolute atomic E-state index is 0.00168. The number of amides is 2. The van der Waals surface area contributed by atoms with Gasteiger partial charge in [-0.05, 0) is 30.4 Å². The molecular weight excluding hydrogens is 460 g/mol. The van der Waals surface area contributed by atoms with Crippen LogP contribution in [0.4, 0.5) is 0 Å². The summed E-state index contributed by atoms with van der Waals surface area (Å²) in [7, 11) is 0. The topological polar surface area (TPSA) is 66.7 Å². The van der Waals surface area contributed by atoms with E-state index in [1.165, 1.54) is 16.2 Å². The number of carbonyl (C=O) groups is 2. The van der Waals surface area contributed by atoms with E-state index < -0.39 is 11.8 Å². The molecule has 0 saturated carbocycles. The molecule has 0 atom stereocenters. The van der Waals surface area contributed by atoms with Gasteiger partial charge in [-0.15, -0.1) is 17.9 Å². The summed E-state index contributed by atoms with van der Waals surface area (Å²) in [6.07, 6.45) is 4.99. The Kier molecular flexibility index (Phi) is 4.96. The van der Waals surface area contributed by atoms with Gasteiger partial charge in [0.05, 0.1) is 11.4 Å². The van der Waals surface area contributed by atoms with E-state index in [0.717, 1.165) is 15.0 Å². The molecule has 1 N–H and O–H groups in total. The lowest BCUT2D eigenvalue weighted by atomic mass is 10.1. The molecule has 0 radical (unpaired) electrons. The number of nitrogens with zero attached hydrogens (tertiary/aromatic N) is 3. The molecule has 0 spiro atoms. The molecular formula is C19H13BrN4O2S2. The molecule has 0 bridgehead atoms. The fourth-order valence-corrected chi connectivity index (χ4v) is 4.12. The van der Waals surface area contributed by atoms with Gasteiger partial charge in [0.2, 0.25) is 0 Å². The second kappa shape index (κ2) is 7.42. The van der Waals surface area contributed by atoms with Gasteiger partial charge in [-0.2, -0.15) is 0 Å². The molecule has 1 aromatic carbocycles. The van der Waals surface area contributed by atoms with E-state index in [1.54, 1.807) is 12.2 Å². The van der Waals surface area contributed by atoms with Crippen LogP contribution in [-0.4, -0.2) is 37.8 Å². The number of halogens is 1. The first-order chi connectivity index (χ1) is 13.5. The molecule has 2 aromatic heterocycles. The molecule has 3 aromatic rings. The zero-order valence-corrected chi connectivity index (χ0v) is 17.6. The smallest absolute Gasteiger partial charge is 0.266 e. The third kappa shape index (κ3) is 3.21. The van der Waals surface area contributed by atoms with E-state index >= 15 is 0 Å². The fourth-order valence-electron chi connectivity index (χ4n) is 2.89. The van der Waals surface area contributed by atoms with E-state index in [2.05, 4.69) is 32.8 Å². The number of rotatable bonds is 4. The van der Waals surface area contributed by atoms with E-state index in [1.807, 2.05) is 40.2 Å². The van der Waals surface area contributed by atoms with Gasteiger partial charge in [0.25, 0.3) is 11.8 Å². The normalized spacial score (nSPS) is 16.1. The average Bonchev–Trinajstić information content (AvgIpc) is 3.25. The molecule has 140 valence electrons. The fraction of sp³-hybridized carbons (Fsp3) is 0.0526. The zero-order chi connectivity index (χ0) is 19.8. The minimum atomic E-state index is -0.526. The van der Waals surface area contributed by atoms with Gasteiger partial charge in [0.15, 0.2) is 10.1 Å². The number of thiazole rings is 1. The van der Waals surface area contributed by atoms with Crippen molar-refractivity contribution < 1.29 is 9.59 Å². The maximum absolute atomic E-state index is 12.9. The highest BCUT2D eigenvalue weighted by Crippen LogP contribution is 2.30. The van der Waals surface area contributed by atoms with Crippen LogP contribution >= 0.6 is 39.5 Å². The number of carbonyl (C=O) groups excluding carboxylic acids is 2. The highest BCUT2D eigenvalue weighted by Gasteiger charge is 2.33. The van der Waals surface area contributed by atoms with Crippen molar-refractivity contribution in [2.45, 2.75) is 0 Å². The predicted molar refractivity (Wildman–Crippen MR) is 117 cm³/mol. The van der Waals surface area contributed by atoms with Crippen LogP contribution in [0, 0.1) is 0 Å². The monoisotopic (exact) mass is 472 g/mol. The van der Waals surface area contributed by atoms with Gasteiger partial charge in [-0.3, -0.25) is 24.2 Å². The average molecular weight is 473 g/mol. The summed E-state index contributed by atoms with van der Waals surface area (Å²) in [5.74, 6) is -0.983.